The normalized spacial score (nSPS) is 12.3. The van der Waals surface area contributed by atoms with Gasteiger partial charge in [0.15, 0.2) is 0 Å². The number of carbonyl (C=O) groups is 1. The first-order chi connectivity index (χ1) is 10.3. The lowest BCUT2D eigenvalue weighted by Crippen LogP contribution is -2.22. The van der Waals surface area contributed by atoms with Crippen molar-refractivity contribution in [1.29, 1.82) is 0 Å². The van der Waals surface area contributed by atoms with E-state index in [0.29, 0.717) is 12.1 Å². The topological polar surface area (TPSA) is 42.2 Å². The lowest BCUT2D eigenvalue weighted by atomic mass is 9.91. The predicted molar refractivity (Wildman–Crippen MR) is 89.4 cm³/mol. The Labute approximate surface area is 132 Å². The molecule has 22 heavy (non-hydrogen) atoms. The molecule has 1 aromatic carbocycles. The molecule has 0 aliphatic heterocycles. The molecule has 0 spiro atoms. The zero-order chi connectivity index (χ0) is 16.2. The molecule has 0 bridgehead atoms. The third-order valence-corrected chi connectivity index (χ3v) is 3.26. The highest BCUT2D eigenvalue weighted by atomic mass is 16.3. The van der Waals surface area contributed by atoms with E-state index in [1.807, 2.05) is 30.3 Å². The van der Waals surface area contributed by atoms with E-state index >= 15 is 0 Å². The highest BCUT2D eigenvalue weighted by Gasteiger charge is 2.09. The van der Waals surface area contributed by atoms with Crippen molar-refractivity contribution in [3.8, 4) is 0 Å². The van der Waals surface area contributed by atoms with Crippen LogP contribution >= 0.6 is 0 Å². The number of benzene rings is 1. The van der Waals surface area contributed by atoms with Crippen molar-refractivity contribution < 1.29 is 9.21 Å². The first-order valence-electron chi connectivity index (χ1n) is 7.46. The molecule has 2 rings (SSSR count). The largest absolute Gasteiger partial charge is 0.467 e. The fourth-order valence-corrected chi connectivity index (χ4v) is 2.30. The quantitative estimate of drug-likeness (QED) is 0.892. The minimum atomic E-state index is -0.0968. The van der Waals surface area contributed by atoms with Crippen molar-refractivity contribution in [2.24, 2.45) is 5.41 Å². The van der Waals surface area contributed by atoms with Gasteiger partial charge in [-0.25, -0.2) is 0 Å². The second-order valence-corrected chi connectivity index (χ2v) is 6.53. The van der Waals surface area contributed by atoms with Gasteiger partial charge in [0, 0.05) is 5.56 Å². The van der Waals surface area contributed by atoms with E-state index in [2.05, 4.69) is 39.1 Å². The second kappa shape index (κ2) is 6.65. The molecular weight excluding hydrogens is 274 g/mol. The van der Waals surface area contributed by atoms with Crippen molar-refractivity contribution in [3.05, 3.63) is 65.6 Å². The Morgan fingerprint density at radius 3 is 2.32 bits per heavy atom. The third kappa shape index (κ3) is 4.62. The number of carbonyl (C=O) groups excluding carboxylic acids is 1. The summed E-state index contributed by atoms with van der Waals surface area (Å²) in [5, 5.41) is 2.84. The van der Waals surface area contributed by atoms with Gasteiger partial charge in [0.25, 0.3) is 5.91 Å². The highest BCUT2D eigenvalue weighted by Crippen LogP contribution is 2.23. The minimum absolute atomic E-state index is 0.0968. The van der Waals surface area contributed by atoms with Crippen molar-refractivity contribution in [2.45, 2.75) is 34.2 Å². The molecule has 1 amide bonds. The van der Waals surface area contributed by atoms with Gasteiger partial charge in [0.05, 0.1) is 12.8 Å². The van der Waals surface area contributed by atoms with Crippen LogP contribution in [0.5, 0.6) is 0 Å². The average molecular weight is 297 g/mol. The maximum atomic E-state index is 12.1. The summed E-state index contributed by atoms with van der Waals surface area (Å²) in [5.41, 5.74) is 3.15. The fraction of sp³-hybridized carbons (Fsp3) is 0.316. The summed E-state index contributed by atoms with van der Waals surface area (Å²) < 4.78 is 5.19. The Morgan fingerprint density at radius 2 is 1.77 bits per heavy atom. The molecule has 0 aliphatic carbocycles. The first kappa shape index (κ1) is 16.1. The zero-order valence-corrected chi connectivity index (χ0v) is 13.6. The lowest BCUT2D eigenvalue weighted by molar-refractivity contribution is 0.0948. The van der Waals surface area contributed by atoms with Crippen LogP contribution in [0.3, 0.4) is 0 Å². The van der Waals surface area contributed by atoms with Crippen molar-refractivity contribution in [1.82, 2.24) is 5.32 Å². The van der Waals surface area contributed by atoms with E-state index in [1.54, 1.807) is 12.3 Å². The van der Waals surface area contributed by atoms with Gasteiger partial charge in [0.1, 0.15) is 5.76 Å². The molecule has 0 saturated carbocycles. The fourth-order valence-electron chi connectivity index (χ4n) is 2.30. The van der Waals surface area contributed by atoms with Gasteiger partial charge in [-0.3, -0.25) is 4.79 Å². The Balaban J connectivity index is 2.02. The van der Waals surface area contributed by atoms with Gasteiger partial charge < -0.3 is 9.73 Å². The second-order valence-electron chi connectivity index (χ2n) is 6.53. The van der Waals surface area contributed by atoms with Gasteiger partial charge in [-0.1, -0.05) is 39.0 Å². The molecule has 3 heteroatoms. The van der Waals surface area contributed by atoms with Crippen molar-refractivity contribution >= 4 is 11.5 Å². The average Bonchev–Trinajstić information content (AvgIpc) is 2.96. The van der Waals surface area contributed by atoms with Crippen LogP contribution in [0.4, 0.5) is 0 Å². The predicted octanol–water partition coefficient (Wildman–Crippen LogP) is 4.66. The number of hydrogen-bond acceptors (Lipinski definition) is 2. The molecular formula is C19H23NO2. The smallest absolute Gasteiger partial charge is 0.251 e. The van der Waals surface area contributed by atoms with E-state index in [9.17, 15) is 4.79 Å². The Bertz CT molecular complexity index is 644. The van der Waals surface area contributed by atoms with E-state index in [-0.39, 0.29) is 11.3 Å². The summed E-state index contributed by atoms with van der Waals surface area (Å²) >= 11 is 0. The van der Waals surface area contributed by atoms with Crippen LogP contribution in [-0.4, -0.2) is 5.91 Å². The van der Waals surface area contributed by atoms with Crippen LogP contribution in [0.1, 0.15) is 49.4 Å². The molecule has 0 radical (unpaired) electrons. The van der Waals surface area contributed by atoms with Crippen LogP contribution in [-0.2, 0) is 6.54 Å². The molecule has 0 aliphatic rings. The van der Waals surface area contributed by atoms with Crippen LogP contribution in [0.15, 0.2) is 53.2 Å². The minimum Gasteiger partial charge on any atom is -0.467 e. The monoisotopic (exact) mass is 297 g/mol. The molecule has 1 aromatic heterocycles. The van der Waals surface area contributed by atoms with Gasteiger partial charge in [-0.2, -0.15) is 0 Å². The van der Waals surface area contributed by atoms with Crippen molar-refractivity contribution in [3.63, 3.8) is 0 Å². The summed E-state index contributed by atoms with van der Waals surface area (Å²) in [6.45, 7) is 9.01. The number of rotatable bonds is 4. The Hall–Kier alpha value is -2.29. The Morgan fingerprint density at radius 1 is 1.14 bits per heavy atom. The molecule has 116 valence electrons. The zero-order valence-electron chi connectivity index (χ0n) is 13.6. The van der Waals surface area contributed by atoms with Crippen molar-refractivity contribution in [2.75, 3.05) is 0 Å². The summed E-state index contributed by atoms with van der Waals surface area (Å²) in [6.07, 6.45) is 3.83. The first-order valence-corrected chi connectivity index (χ1v) is 7.46. The van der Waals surface area contributed by atoms with Crippen LogP contribution < -0.4 is 5.32 Å². The number of allylic oxidation sites excluding steroid dienone is 2. The van der Waals surface area contributed by atoms with E-state index in [4.69, 9.17) is 4.42 Å². The molecule has 3 nitrogen and oxygen atoms in total. The SMILES string of the molecule is C/C(=C\C(C)(C)C)c1ccc(C(=O)NCc2ccco2)cc1. The number of nitrogens with one attached hydrogen (secondary N) is 1. The maximum absolute atomic E-state index is 12.1. The summed E-state index contributed by atoms with van der Waals surface area (Å²) in [6, 6.07) is 11.3. The molecule has 0 atom stereocenters. The summed E-state index contributed by atoms with van der Waals surface area (Å²) in [4.78, 5) is 12.1. The van der Waals surface area contributed by atoms with Crippen LogP contribution in [0, 0.1) is 5.41 Å². The van der Waals surface area contributed by atoms with Gasteiger partial charge in [0.2, 0.25) is 0 Å². The standard InChI is InChI=1S/C19H23NO2/c1-14(12-19(2,3)4)15-7-9-16(10-8-15)18(21)20-13-17-6-5-11-22-17/h5-12H,13H2,1-4H3,(H,20,21)/b14-12+. The summed E-state index contributed by atoms with van der Waals surface area (Å²) in [7, 11) is 0. The molecule has 1 N–H and O–H groups in total. The van der Waals surface area contributed by atoms with E-state index in [0.717, 1.165) is 11.3 Å². The van der Waals surface area contributed by atoms with Crippen LogP contribution in [0.25, 0.3) is 5.57 Å². The molecule has 0 saturated heterocycles. The number of amides is 1. The van der Waals surface area contributed by atoms with E-state index < -0.39 is 0 Å². The van der Waals surface area contributed by atoms with Crippen LogP contribution in [0.2, 0.25) is 0 Å². The highest BCUT2D eigenvalue weighted by molar-refractivity contribution is 5.94. The third-order valence-electron chi connectivity index (χ3n) is 3.26. The molecule has 1 heterocycles. The molecule has 0 fully saturated rings. The van der Waals surface area contributed by atoms with Gasteiger partial charge in [-0.05, 0) is 47.7 Å². The van der Waals surface area contributed by atoms with Gasteiger partial charge >= 0.3 is 0 Å². The maximum Gasteiger partial charge on any atom is 0.251 e. The van der Waals surface area contributed by atoms with Gasteiger partial charge in [-0.15, -0.1) is 0 Å². The molecule has 0 unspecified atom stereocenters. The Kier molecular flexibility index (Phi) is 4.86. The number of hydrogen-bond donors (Lipinski definition) is 1. The molecule has 2 aromatic rings. The number of furan rings is 1. The lowest BCUT2D eigenvalue weighted by Gasteiger charge is -2.14. The summed E-state index contributed by atoms with van der Waals surface area (Å²) in [5.74, 6) is 0.648. The van der Waals surface area contributed by atoms with E-state index in [1.165, 1.54) is 5.57 Å².